The fourth-order valence-corrected chi connectivity index (χ4v) is 1.82. The zero-order chi connectivity index (χ0) is 19.0. The van der Waals surface area contributed by atoms with Gasteiger partial charge in [0.15, 0.2) is 18.1 Å². The summed E-state index contributed by atoms with van der Waals surface area (Å²) in [5.41, 5.74) is -0.285. The molecule has 0 aliphatic heterocycles. The highest BCUT2D eigenvalue weighted by Crippen LogP contribution is 2.28. The molecule has 8 nitrogen and oxygen atoms in total. The summed E-state index contributed by atoms with van der Waals surface area (Å²) in [5.74, 6) is -0.566. The van der Waals surface area contributed by atoms with Crippen molar-refractivity contribution in [3.8, 4) is 11.5 Å². The van der Waals surface area contributed by atoms with Crippen LogP contribution in [-0.2, 0) is 9.53 Å². The van der Waals surface area contributed by atoms with E-state index in [-0.39, 0.29) is 5.56 Å². The van der Waals surface area contributed by atoms with Gasteiger partial charge in [-0.25, -0.2) is 9.59 Å². The molecule has 0 saturated heterocycles. The Hall–Kier alpha value is -2.77. The fraction of sp³-hybridized carbons (Fsp3) is 0.471. The molecule has 1 aromatic carbocycles. The van der Waals surface area contributed by atoms with Gasteiger partial charge in [-0.05, 0) is 45.9 Å². The second-order valence-corrected chi connectivity index (χ2v) is 6.13. The molecule has 8 heteroatoms. The molecule has 1 rings (SSSR count). The smallest absolute Gasteiger partial charge is 0.338 e. The van der Waals surface area contributed by atoms with Crippen LogP contribution in [0.1, 0.15) is 38.1 Å². The summed E-state index contributed by atoms with van der Waals surface area (Å²) in [6, 6.07) is 3.88. The zero-order valence-corrected chi connectivity index (χ0v) is 15.1. The molecular weight excluding hydrogens is 328 g/mol. The predicted molar refractivity (Wildman–Crippen MR) is 90.9 cm³/mol. The normalized spacial score (nSPS) is 10.6. The van der Waals surface area contributed by atoms with E-state index in [1.54, 1.807) is 26.8 Å². The van der Waals surface area contributed by atoms with Crippen molar-refractivity contribution in [2.75, 3.05) is 20.3 Å². The summed E-state index contributed by atoms with van der Waals surface area (Å²) in [4.78, 5) is 35.2. The van der Waals surface area contributed by atoms with E-state index in [0.717, 1.165) is 0 Å². The topological polar surface area (TPSA) is 103 Å². The maximum Gasteiger partial charge on any atom is 0.338 e. The molecule has 1 aromatic rings. The number of hydrogen-bond donors (Lipinski definition) is 2. The third-order valence-corrected chi connectivity index (χ3v) is 2.78. The number of ether oxygens (including phenoxy) is 3. The van der Waals surface area contributed by atoms with Crippen LogP contribution < -0.4 is 20.1 Å². The van der Waals surface area contributed by atoms with Gasteiger partial charge in [0.25, 0.3) is 5.91 Å². The summed E-state index contributed by atoms with van der Waals surface area (Å²) in [7, 11) is 1.45. The van der Waals surface area contributed by atoms with Gasteiger partial charge in [0.2, 0.25) is 0 Å². The van der Waals surface area contributed by atoms with Gasteiger partial charge in [-0.2, -0.15) is 0 Å². The second-order valence-electron chi connectivity index (χ2n) is 6.13. The molecule has 0 fully saturated rings. The lowest BCUT2D eigenvalue weighted by atomic mass is 10.1. The Kier molecular flexibility index (Phi) is 7.22. The van der Waals surface area contributed by atoms with Crippen LogP contribution in [0.5, 0.6) is 11.5 Å². The van der Waals surface area contributed by atoms with Crippen molar-refractivity contribution in [2.24, 2.45) is 0 Å². The van der Waals surface area contributed by atoms with Crippen molar-refractivity contribution in [1.29, 1.82) is 0 Å². The number of rotatable bonds is 6. The van der Waals surface area contributed by atoms with Gasteiger partial charge < -0.3 is 19.5 Å². The average Bonchev–Trinajstić information content (AvgIpc) is 2.51. The lowest BCUT2D eigenvalue weighted by molar-refractivity contribution is -0.123. The van der Waals surface area contributed by atoms with Crippen molar-refractivity contribution in [3.05, 3.63) is 23.8 Å². The average molecular weight is 352 g/mol. The SMILES string of the molecule is CCOc1ccc(C(=O)OCC(=O)NC(=O)NC(C)(C)C)cc1OC. The minimum absolute atomic E-state index is 0.201. The molecule has 0 aliphatic carbocycles. The third kappa shape index (κ3) is 7.11. The Morgan fingerprint density at radius 1 is 1.12 bits per heavy atom. The van der Waals surface area contributed by atoms with E-state index in [4.69, 9.17) is 14.2 Å². The second kappa shape index (κ2) is 8.91. The Morgan fingerprint density at radius 3 is 2.36 bits per heavy atom. The van der Waals surface area contributed by atoms with E-state index in [9.17, 15) is 14.4 Å². The number of esters is 1. The van der Waals surface area contributed by atoms with E-state index < -0.39 is 30.1 Å². The summed E-state index contributed by atoms with van der Waals surface area (Å²) in [6.07, 6.45) is 0. The first-order chi connectivity index (χ1) is 11.7. The highest BCUT2D eigenvalue weighted by molar-refractivity contribution is 5.97. The number of carbonyl (C=O) groups is 3. The number of nitrogens with one attached hydrogen (secondary N) is 2. The van der Waals surface area contributed by atoms with Crippen LogP contribution >= 0.6 is 0 Å². The third-order valence-electron chi connectivity index (χ3n) is 2.78. The van der Waals surface area contributed by atoms with Crippen LogP contribution in [0.2, 0.25) is 0 Å². The number of carbonyl (C=O) groups excluding carboxylic acids is 3. The van der Waals surface area contributed by atoms with Crippen LogP contribution in [0.25, 0.3) is 0 Å². The lowest BCUT2D eigenvalue weighted by Crippen LogP contribution is -2.49. The van der Waals surface area contributed by atoms with Gasteiger partial charge >= 0.3 is 12.0 Å². The van der Waals surface area contributed by atoms with Crippen LogP contribution in [0, 0.1) is 0 Å². The zero-order valence-electron chi connectivity index (χ0n) is 15.1. The predicted octanol–water partition coefficient (Wildman–Crippen LogP) is 1.87. The van der Waals surface area contributed by atoms with Gasteiger partial charge in [-0.1, -0.05) is 0 Å². The van der Waals surface area contributed by atoms with Gasteiger partial charge in [0, 0.05) is 5.54 Å². The fourth-order valence-electron chi connectivity index (χ4n) is 1.82. The number of methoxy groups -OCH3 is 1. The van der Waals surface area contributed by atoms with Crippen LogP contribution in [-0.4, -0.2) is 43.8 Å². The Balaban J connectivity index is 2.59. The van der Waals surface area contributed by atoms with Crippen LogP contribution in [0.4, 0.5) is 4.79 Å². The first kappa shape index (κ1) is 20.3. The van der Waals surface area contributed by atoms with Gasteiger partial charge in [0.1, 0.15) is 0 Å². The summed E-state index contributed by atoms with van der Waals surface area (Å²) in [5, 5.41) is 4.64. The standard InChI is InChI=1S/C17H24N2O6/c1-6-24-12-8-7-11(9-13(12)23-5)15(21)25-10-14(20)18-16(22)19-17(2,3)4/h7-9H,6,10H2,1-5H3,(H2,18,19,20,22). The highest BCUT2D eigenvalue weighted by atomic mass is 16.5. The maximum absolute atomic E-state index is 12.0. The molecule has 0 aromatic heterocycles. The number of urea groups is 1. The first-order valence-corrected chi connectivity index (χ1v) is 7.76. The van der Waals surface area contributed by atoms with E-state index in [1.165, 1.54) is 19.2 Å². The summed E-state index contributed by atoms with van der Waals surface area (Å²) < 4.78 is 15.4. The van der Waals surface area contributed by atoms with E-state index in [0.29, 0.717) is 18.1 Å². The monoisotopic (exact) mass is 352 g/mol. The van der Waals surface area contributed by atoms with E-state index >= 15 is 0 Å². The van der Waals surface area contributed by atoms with E-state index in [2.05, 4.69) is 10.6 Å². The van der Waals surface area contributed by atoms with Crippen molar-refractivity contribution in [2.45, 2.75) is 33.2 Å². The molecule has 0 aliphatic rings. The van der Waals surface area contributed by atoms with Gasteiger partial charge in [-0.3, -0.25) is 10.1 Å². The molecule has 25 heavy (non-hydrogen) atoms. The summed E-state index contributed by atoms with van der Waals surface area (Å²) in [6.45, 7) is 7.03. The highest BCUT2D eigenvalue weighted by Gasteiger charge is 2.17. The van der Waals surface area contributed by atoms with Crippen molar-refractivity contribution < 1.29 is 28.6 Å². The minimum Gasteiger partial charge on any atom is -0.493 e. The Bertz CT molecular complexity index is 637. The Morgan fingerprint density at radius 2 is 1.80 bits per heavy atom. The first-order valence-electron chi connectivity index (χ1n) is 7.76. The molecule has 0 heterocycles. The molecule has 0 radical (unpaired) electrons. The number of hydrogen-bond acceptors (Lipinski definition) is 6. The molecule has 2 N–H and O–H groups in total. The quantitative estimate of drug-likeness (QED) is 0.758. The molecule has 138 valence electrons. The molecule has 0 bridgehead atoms. The van der Waals surface area contributed by atoms with Crippen LogP contribution in [0.15, 0.2) is 18.2 Å². The molecule has 0 saturated carbocycles. The van der Waals surface area contributed by atoms with Crippen LogP contribution in [0.3, 0.4) is 0 Å². The van der Waals surface area contributed by atoms with Crippen molar-refractivity contribution >= 4 is 17.9 Å². The maximum atomic E-state index is 12.0. The number of imide groups is 1. The molecule has 0 spiro atoms. The number of amides is 3. The van der Waals surface area contributed by atoms with Gasteiger partial charge in [0.05, 0.1) is 19.3 Å². The number of benzene rings is 1. The largest absolute Gasteiger partial charge is 0.493 e. The molecule has 0 unspecified atom stereocenters. The molecular formula is C17H24N2O6. The lowest BCUT2D eigenvalue weighted by Gasteiger charge is -2.20. The molecule has 0 atom stereocenters. The Labute approximate surface area is 146 Å². The molecule has 3 amide bonds. The van der Waals surface area contributed by atoms with E-state index in [1.807, 2.05) is 6.92 Å². The summed E-state index contributed by atoms with van der Waals surface area (Å²) >= 11 is 0. The minimum atomic E-state index is -0.729. The van der Waals surface area contributed by atoms with Gasteiger partial charge in [-0.15, -0.1) is 0 Å². The van der Waals surface area contributed by atoms with Crippen molar-refractivity contribution in [3.63, 3.8) is 0 Å². The van der Waals surface area contributed by atoms with Crippen molar-refractivity contribution in [1.82, 2.24) is 10.6 Å².